The van der Waals surface area contributed by atoms with Crippen LogP contribution in [-0.2, 0) is 9.53 Å². The summed E-state index contributed by atoms with van der Waals surface area (Å²) in [4.78, 5) is 22.9. The molecule has 0 saturated heterocycles. The summed E-state index contributed by atoms with van der Waals surface area (Å²) in [6, 6.07) is 3.80. The number of nitrogens with two attached hydrogens (primary N) is 1. The third-order valence-electron chi connectivity index (χ3n) is 2.06. The molecule has 0 heterocycles. The van der Waals surface area contributed by atoms with E-state index in [9.17, 15) is 9.59 Å². The molecule has 3 N–H and O–H groups in total. The zero-order valence-corrected chi connectivity index (χ0v) is 10.2. The molecule has 92 valence electrons. The molecule has 0 saturated carbocycles. The van der Waals surface area contributed by atoms with Crippen LogP contribution in [0.25, 0.3) is 0 Å². The molecule has 0 radical (unpaired) electrons. The molecule has 0 spiro atoms. The number of ether oxygens (including phenoxy) is 1. The highest BCUT2D eigenvalue weighted by Crippen LogP contribution is 2.21. The van der Waals surface area contributed by atoms with Crippen LogP contribution in [0.15, 0.2) is 18.2 Å². The predicted molar refractivity (Wildman–Crippen MR) is 65.1 cm³/mol. The van der Waals surface area contributed by atoms with Crippen LogP contribution in [-0.4, -0.2) is 25.0 Å². The summed E-state index contributed by atoms with van der Waals surface area (Å²) in [5.74, 6) is -0.959. The van der Waals surface area contributed by atoms with E-state index in [-0.39, 0.29) is 11.3 Å². The van der Waals surface area contributed by atoms with Crippen molar-refractivity contribution in [1.29, 1.82) is 0 Å². The van der Waals surface area contributed by atoms with Gasteiger partial charge in [-0.3, -0.25) is 4.79 Å². The molecule has 1 unspecified atom stereocenters. The van der Waals surface area contributed by atoms with Crippen LogP contribution < -0.4 is 11.1 Å². The normalized spacial score (nSPS) is 11.8. The summed E-state index contributed by atoms with van der Waals surface area (Å²) in [7, 11) is 1.26. The Morgan fingerprint density at radius 3 is 2.65 bits per heavy atom. The molecule has 5 nitrogen and oxygen atoms in total. The number of hydrogen-bond acceptors (Lipinski definition) is 4. The average molecular weight is 257 g/mol. The van der Waals surface area contributed by atoms with Crippen LogP contribution in [0.3, 0.4) is 0 Å². The van der Waals surface area contributed by atoms with E-state index in [0.717, 1.165) is 0 Å². The third kappa shape index (κ3) is 3.44. The lowest BCUT2D eigenvalue weighted by Crippen LogP contribution is -2.33. The van der Waals surface area contributed by atoms with E-state index in [2.05, 4.69) is 10.1 Å². The van der Waals surface area contributed by atoms with Gasteiger partial charge >= 0.3 is 5.97 Å². The molecule has 1 rings (SSSR count). The molecule has 6 heteroatoms. The van der Waals surface area contributed by atoms with Crippen LogP contribution in [0, 0.1) is 0 Å². The lowest BCUT2D eigenvalue weighted by Gasteiger charge is -2.11. The molecular weight excluding hydrogens is 244 g/mol. The van der Waals surface area contributed by atoms with E-state index >= 15 is 0 Å². The summed E-state index contributed by atoms with van der Waals surface area (Å²) in [6.45, 7) is 1.54. The second kappa shape index (κ2) is 5.65. The monoisotopic (exact) mass is 256 g/mol. The van der Waals surface area contributed by atoms with Crippen molar-refractivity contribution in [3.63, 3.8) is 0 Å². The van der Waals surface area contributed by atoms with E-state index in [0.29, 0.717) is 5.02 Å². The lowest BCUT2D eigenvalue weighted by molar-refractivity contribution is -0.117. The van der Waals surface area contributed by atoms with Crippen molar-refractivity contribution in [1.82, 2.24) is 0 Å². The highest BCUT2D eigenvalue weighted by Gasteiger charge is 2.15. The van der Waals surface area contributed by atoms with E-state index in [4.69, 9.17) is 17.3 Å². The zero-order valence-electron chi connectivity index (χ0n) is 9.49. The van der Waals surface area contributed by atoms with Gasteiger partial charge < -0.3 is 15.8 Å². The van der Waals surface area contributed by atoms with Crippen LogP contribution in [0.2, 0.25) is 5.02 Å². The Hall–Kier alpha value is -1.59. The first-order valence-corrected chi connectivity index (χ1v) is 5.27. The predicted octanol–water partition coefficient (Wildman–Crippen LogP) is 1.41. The maximum Gasteiger partial charge on any atom is 0.339 e. The molecule has 0 fully saturated rings. The standard InChI is InChI=1S/C11H13ClN2O3/c1-6(13)10(15)14-9-5-7(12)3-4-8(9)11(16)17-2/h3-6H,13H2,1-2H3,(H,14,15). The van der Waals surface area contributed by atoms with E-state index < -0.39 is 17.9 Å². The molecule has 0 aromatic heterocycles. The number of amides is 1. The first kappa shape index (κ1) is 13.5. The first-order chi connectivity index (χ1) is 7.95. The van der Waals surface area contributed by atoms with Gasteiger partial charge in [-0.15, -0.1) is 0 Å². The number of nitrogens with one attached hydrogen (secondary N) is 1. The fourth-order valence-electron chi connectivity index (χ4n) is 1.15. The van der Waals surface area contributed by atoms with Gasteiger partial charge in [0.1, 0.15) is 0 Å². The minimum absolute atomic E-state index is 0.228. The van der Waals surface area contributed by atoms with Gasteiger partial charge in [0, 0.05) is 5.02 Å². The van der Waals surface area contributed by atoms with E-state index in [1.165, 1.54) is 32.2 Å². The van der Waals surface area contributed by atoms with Crippen molar-refractivity contribution >= 4 is 29.2 Å². The van der Waals surface area contributed by atoms with Crippen LogP contribution in [0.1, 0.15) is 17.3 Å². The van der Waals surface area contributed by atoms with Crippen molar-refractivity contribution in [3.8, 4) is 0 Å². The van der Waals surface area contributed by atoms with Crippen LogP contribution >= 0.6 is 11.6 Å². The number of rotatable bonds is 3. The van der Waals surface area contributed by atoms with Crippen LogP contribution in [0.5, 0.6) is 0 Å². The van der Waals surface area contributed by atoms with Crippen molar-refractivity contribution < 1.29 is 14.3 Å². The van der Waals surface area contributed by atoms with Crippen molar-refractivity contribution in [2.45, 2.75) is 13.0 Å². The minimum atomic E-state index is -0.681. The van der Waals surface area contributed by atoms with Gasteiger partial charge in [0.15, 0.2) is 0 Å². The Morgan fingerprint density at radius 1 is 1.47 bits per heavy atom. The molecule has 0 aliphatic carbocycles. The molecule has 0 aliphatic rings. The van der Waals surface area contributed by atoms with Crippen molar-refractivity contribution in [2.24, 2.45) is 5.73 Å². The van der Waals surface area contributed by atoms with E-state index in [1.54, 1.807) is 0 Å². The SMILES string of the molecule is COC(=O)c1ccc(Cl)cc1NC(=O)C(C)N. The van der Waals surface area contributed by atoms with Gasteiger partial charge in [-0.1, -0.05) is 11.6 Å². The smallest absolute Gasteiger partial charge is 0.339 e. The molecule has 0 bridgehead atoms. The third-order valence-corrected chi connectivity index (χ3v) is 2.29. The van der Waals surface area contributed by atoms with Gasteiger partial charge in [0.2, 0.25) is 5.91 Å². The number of carbonyl (C=O) groups is 2. The topological polar surface area (TPSA) is 81.4 Å². The number of anilines is 1. The molecule has 1 aromatic rings. The quantitative estimate of drug-likeness (QED) is 0.802. The molecule has 0 aliphatic heterocycles. The minimum Gasteiger partial charge on any atom is -0.465 e. The van der Waals surface area contributed by atoms with Gasteiger partial charge in [-0.05, 0) is 25.1 Å². The summed E-state index contributed by atoms with van der Waals surface area (Å²) < 4.78 is 4.59. The van der Waals surface area contributed by atoms with Crippen LogP contribution in [0.4, 0.5) is 5.69 Å². The number of hydrogen-bond donors (Lipinski definition) is 2. The summed E-state index contributed by atoms with van der Waals surface area (Å²) in [5, 5.41) is 2.92. The number of benzene rings is 1. The summed E-state index contributed by atoms with van der Waals surface area (Å²) in [5.41, 5.74) is 5.93. The summed E-state index contributed by atoms with van der Waals surface area (Å²) in [6.07, 6.45) is 0. The first-order valence-electron chi connectivity index (χ1n) is 4.90. The molecular formula is C11H13ClN2O3. The average Bonchev–Trinajstić information content (AvgIpc) is 2.28. The number of esters is 1. The van der Waals surface area contributed by atoms with Crippen molar-refractivity contribution in [2.75, 3.05) is 12.4 Å². The second-order valence-corrected chi connectivity index (χ2v) is 3.90. The van der Waals surface area contributed by atoms with Crippen molar-refractivity contribution in [3.05, 3.63) is 28.8 Å². The largest absolute Gasteiger partial charge is 0.465 e. The fourth-order valence-corrected chi connectivity index (χ4v) is 1.33. The highest BCUT2D eigenvalue weighted by molar-refractivity contribution is 6.31. The lowest BCUT2D eigenvalue weighted by atomic mass is 10.1. The molecule has 1 atom stereocenters. The Bertz CT molecular complexity index is 446. The van der Waals surface area contributed by atoms with Gasteiger partial charge in [-0.2, -0.15) is 0 Å². The number of methoxy groups -OCH3 is 1. The Morgan fingerprint density at radius 2 is 2.12 bits per heavy atom. The highest BCUT2D eigenvalue weighted by atomic mass is 35.5. The Balaban J connectivity index is 3.07. The number of carbonyl (C=O) groups excluding carboxylic acids is 2. The molecule has 17 heavy (non-hydrogen) atoms. The maximum atomic E-state index is 11.5. The van der Waals surface area contributed by atoms with E-state index in [1.807, 2.05) is 0 Å². The zero-order chi connectivity index (χ0) is 13.0. The maximum absolute atomic E-state index is 11.5. The fraction of sp³-hybridized carbons (Fsp3) is 0.273. The Kier molecular flexibility index (Phi) is 4.48. The molecule has 1 aromatic carbocycles. The van der Waals surface area contributed by atoms with Gasteiger partial charge in [0.05, 0.1) is 24.4 Å². The van der Waals surface area contributed by atoms with Gasteiger partial charge in [-0.25, -0.2) is 4.79 Å². The number of halogens is 1. The summed E-state index contributed by atoms with van der Waals surface area (Å²) >= 11 is 5.79. The van der Waals surface area contributed by atoms with Gasteiger partial charge in [0.25, 0.3) is 0 Å². The second-order valence-electron chi connectivity index (χ2n) is 3.46. The molecule has 1 amide bonds. The Labute approximate surface area is 104 Å².